The summed E-state index contributed by atoms with van der Waals surface area (Å²) in [5.41, 5.74) is -0.544. The van der Waals surface area contributed by atoms with Crippen LogP contribution in [0.5, 0.6) is 0 Å². The Morgan fingerprint density at radius 3 is 2.40 bits per heavy atom. The van der Waals surface area contributed by atoms with Gasteiger partial charge >= 0.3 is 6.09 Å². The molecule has 0 radical (unpaired) electrons. The quantitative estimate of drug-likeness (QED) is 0.804. The van der Waals surface area contributed by atoms with Crippen molar-refractivity contribution in [1.82, 2.24) is 5.32 Å². The van der Waals surface area contributed by atoms with Crippen molar-refractivity contribution in [2.75, 3.05) is 12.9 Å². The predicted molar refractivity (Wildman–Crippen MR) is 75.9 cm³/mol. The zero-order valence-electron chi connectivity index (χ0n) is 12.6. The van der Waals surface area contributed by atoms with E-state index in [0.29, 0.717) is 0 Å². The Balaban J connectivity index is 2.54. The minimum absolute atomic E-state index is 0.00555. The summed E-state index contributed by atoms with van der Waals surface area (Å²) in [5, 5.41) is 2.83. The second-order valence-electron chi connectivity index (χ2n) is 6.29. The topological polar surface area (TPSA) is 81.7 Å². The lowest BCUT2D eigenvalue weighted by Gasteiger charge is -2.32. The van der Waals surface area contributed by atoms with Crippen LogP contribution in [-0.2, 0) is 19.0 Å². The normalized spacial score (nSPS) is 24.2. The van der Waals surface area contributed by atoms with Crippen LogP contribution < -0.4 is 5.32 Å². The smallest absolute Gasteiger partial charge is 0.407 e. The first-order valence-electron chi connectivity index (χ1n) is 6.91. The van der Waals surface area contributed by atoms with E-state index in [1.807, 2.05) is 0 Å². The fourth-order valence-electron chi connectivity index (χ4n) is 2.27. The maximum Gasteiger partial charge on any atom is 0.407 e. The van der Waals surface area contributed by atoms with Crippen molar-refractivity contribution < 1.29 is 22.1 Å². The number of rotatable bonds is 4. The van der Waals surface area contributed by atoms with Crippen molar-refractivity contribution in [3.63, 3.8) is 0 Å². The van der Waals surface area contributed by atoms with Crippen molar-refractivity contribution in [3.05, 3.63) is 0 Å². The summed E-state index contributed by atoms with van der Waals surface area (Å²) in [6.45, 7) is 5.52. The second-order valence-corrected chi connectivity index (χ2v) is 7.93. The summed E-state index contributed by atoms with van der Waals surface area (Å²) in [6, 6.07) is -0.0969. The van der Waals surface area contributed by atoms with Crippen molar-refractivity contribution >= 4 is 16.2 Å². The van der Waals surface area contributed by atoms with Gasteiger partial charge in [0.2, 0.25) is 0 Å². The van der Waals surface area contributed by atoms with Crippen molar-refractivity contribution in [2.45, 2.75) is 58.1 Å². The zero-order valence-corrected chi connectivity index (χ0v) is 13.5. The Kier molecular flexibility index (Phi) is 5.82. The molecular formula is C13H25NO5S. The van der Waals surface area contributed by atoms with Gasteiger partial charge in [-0.05, 0) is 33.6 Å². The molecular weight excluding hydrogens is 282 g/mol. The van der Waals surface area contributed by atoms with Gasteiger partial charge in [-0.15, -0.1) is 0 Å². The van der Waals surface area contributed by atoms with E-state index in [2.05, 4.69) is 5.32 Å². The summed E-state index contributed by atoms with van der Waals surface area (Å²) in [5.74, 6) is 0.00555. The van der Waals surface area contributed by atoms with E-state index in [1.165, 1.54) is 0 Å². The Hall–Kier alpha value is -0.820. The third kappa shape index (κ3) is 7.09. The number of hydrogen-bond donors (Lipinski definition) is 1. The molecule has 1 amide bonds. The van der Waals surface area contributed by atoms with Crippen LogP contribution in [0.2, 0.25) is 0 Å². The molecule has 1 fully saturated rings. The SMILES string of the molecule is CC(C)(C)OC(=O)NC1CCCCC1COS(C)(=O)=O. The van der Waals surface area contributed by atoms with E-state index in [1.54, 1.807) is 20.8 Å². The Bertz CT molecular complexity index is 427. The van der Waals surface area contributed by atoms with Crippen LogP contribution in [0, 0.1) is 5.92 Å². The fraction of sp³-hybridized carbons (Fsp3) is 0.923. The molecule has 1 aliphatic carbocycles. The highest BCUT2D eigenvalue weighted by Crippen LogP contribution is 2.25. The molecule has 0 aliphatic heterocycles. The number of carbonyl (C=O) groups excluding carboxylic acids is 1. The van der Waals surface area contributed by atoms with Gasteiger partial charge in [-0.3, -0.25) is 4.18 Å². The number of amides is 1. The van der Waals surface area contributed by atoms with Gasteiger partial charge in [0, 0.05) is 12.0 Å². The number of nitrogens with one attached hydrogen (secondary N) is 1. The highest BCUT2D eigenvalue weighted by molar-refractivity contribution is 7.85. The third-order valence-corrected chi connectivity index (χ3v) is 3.67. The minimum atomic E-state index is -3.45. The Morgan fingerprint density at radius 1 is 1.25 bits per heavy atom. The van der Waals surface area contributed by atoms with Crippen molar-refractivity contribution in [2.24, 2.45) is 5.92 Å². The highest BCUT2D eigenvalue weighted by atomic mass is 32.2. The minimum Gasteiger partial charge on any atom is -0.444 e. The first-order chi connectivity index (χ1) is 9.07. The molecule has 2 atom stereocenters. The van der Waals surface area contributed by atoms with E-state index < -0.39 is 21.8 Å². The monoisotopic (exact) mass is 307 g/mol. The first-order valence-corrected chi connectivity index (χ1v) is 8.72. The lowest BCUT2D eigenvalue weighted by atomic mass is 9.85. The summed E-state index contributed by atoms with van der Waals surface area (Å²) in [4.78, 5) is 11.8. The van der Waals surface area contributed by atoms with Gasteiger partial charge in [0.15, 0.2) is 0 Å². The van der Waals surface area contributed by atoms with Crippen LogP contribution in [-0.4, -0.2) is 39.0 Å². The molecule has 1 aliphatic rings. The summed E-state index contributed by atoms with van der Waals surface area (Å²) in [7, 11) is -3.45. The Labute approximate surface area is 121 Å². The molecule has 20 heavy (non-hydrogen) atoms. The molecule has 0 aromatic carbocycles. The van der Waals surface area contributed by atoms with Gasteiger partial charge in [0.1, 0.15) is 5.60 Å². The van der Waals surface area contributed by atoms with E-state index in [9.17, 15) is 13.2 Å². The highest BCUT2D eigenvalue weighted by Gasteiger charge is 2.29. The second kappa shape index (κ2) is 6.76. The molecule has 1 N–H and O–H groups in total. The largest absolute Gasteiger partial charge is 0.444 e. The van der Waals surface area contributed by atoms with Gasteiger partial charge in [0.25, 0.3) is 10.1 Å². The average Bonchev–Trinajstić information content (AvgIpc) is 2.24. The van der Waals surface area contributed by atoms with E-state index in [0.717, 1.165) is 31.9 Å². The van der Waals surface area contributed by atoms with Crippen LogP contribution in [0.15, 0.2) is 0 Å². The average molecular weight is 307 g/mol. The van der Waals surface area contributed by atoms with E-state index in [-0.39, 0.29) is 18.6 Å². The lowest BCUT2D eigenvalue weighted by molar-refractivity contribution is 0.0453. The maximum absolute atomic E-state index is 11.8. The summed E-state index contributed by atoms with van der Waals surface area (Å²) in [6.07, 6.45) is 4.26. The lowest BCUT2D eigenvalue weighted by Crippen LogP contribution is -2.45. The van der Waals surface area contributed by atoms with Crippen LogP contribution in [0.4, 0.5) is 4.79 Å². The number of alkyl carbamates (subject to hydrolysis) is 1. The molecule has 118 valence electrons. The third-order valence-electron chi connectivity index (χ3n) is 3.11. The molecule has 0 spiro atoms. The Morgan fingerprint density at radius 2 is 1.85 bits per heavy atom. The molecule has 1 rings (SSSR count). The first kappa shape index (κ1) is 17.2. The molecule has 0 aromatic heterocycles. The molecule has 0 heterocycles. The fourth-order valence-corrected chi connectivity index (χ4v) is 2.69. The van der Waals surface area contributed by atoms with Crippen LogP contribution in [0.25, 0.3) is 0 Å². The van der Waals surface area contributed by atoms with E-state index in [4.69, 9.17) is 8.92 Å². The van der Waals surface area contributed by atoms with E-state index >= 15 is 0 Å². The molecule has 0 saturated heterocycles. The van der Waals surface area contributed by atoms with Gasteiger partial charge in [0.05, 0.1) is 12.9 Å². The molecule has 7 heteroatoms. The molecule has 0 bridgehead atoms. The van der Waals surface area contributed by atoms with Crippen molar-refractivity contribution in [1.29, 1.82) is 0 Å². The van der Waals surface area contributed by atoms with Gasteiger partial charge in [-0.25, -0.2) is 4.79 Å². The predicted octanol–water partition coefficient (Wildman–Crippen LogP) is 2.05. The van der Waals surface area contributed by atoms with Crippen LogP contribution in [0.1, 0.15) is 46.5 Å². The van der Waals surface area contributed by atoms with Crippen molar-refractivity contribution in [3.8, 4) is 0 Å². The molecule has 0 aromatic rings. The van der Waals surface area contributed by atoms with Crippen LogP contribution >= 0.6 is 0 Å². The molecule has 2 unspecified atom stereocenters. The maximum atomic E-state index is 11.8. The van der Waals surface area contributed by atoms with Crippen LogP contribution in [0.3, 0.4) is 0 Å². The summed E-state index contributed by atoms with van der Waals surface area (Å²) >= 11 is 0. The van der Waals surface area contributed by atoms with Gasteiger partial charge < -0.3 is 10.1 Å². The van der Waals surface area contributed by atoms with Gasteiger partial charge in [-0.2, -0.15) is 8.42 Å². The molecule has 1 saturated carbocycles. The standard InChI is InChI=1S/C13H25NO5S/c1-13(2,3)19-12(15)14-11-8-6-5-7-10(11)9-18-20(4,16)17/h10-11H,5-9H2,1-4H3,(H,14,15). The number of hydrogen-bond acceptors (Lipinski definition) is 5. The zero-order chi connectivity index (χ0) is 15.4. The molecule has 6 nitrogen and oxygen atoms in total. The number of carbonyl (C=O) groups is 1. The van der Waals surface area contributed by atoms with Gasteiger partial charge in [-0.1, -0.05) is 12.8 Å². The summed E-state index contributed by atoms with van der Waals surface area (Å²) < 4.78 is 32.2. The number of ether oxygens (including phenoxy) is 1.